The molecule has 39 heavy (non-hydrogen) atoms. The van der Waals surface area contributed by atoms with Crippen molar-refractivity contribution in [3.05, 3.63) is 76.9 Å². The third-order valence-corrected chi connectivity index (χ3v) is 8.20. The predicted molar refractivity (Wildman–Crippen MR) is 160 cm³/mol. The summed E-state index contributed by atoms with van der Waals surface area (Å²) in [6, 6.07) is 16.5. The van der Waals surface area contributed by atoms with Crippen molar-refractivity contribution in [3.63, 3.8) is 0 Å². The van der Waals surface area contributed by atoms with Crippen molar-refractivity contribution in [2.75, 3.05) is 39.3 Å². The van der Waals surface area contributed by atoms with Crippen molar-refractivity contribution in [2.45, 2.75) is 70.9 Å². The van der Waals surface area contributed by atoms with Gasteiger partial charge in [-0.05, 0) is 81.3 Å². The largest absolute Gasteiger partial charge is 0.351 e. The monoisotopic (exact) mass is 530 g/mol. The zero-order valence-corrected chi connectivity index (χ0v) is 24.0. The number of hydrogen-bond acceptors (Lipinski definition) is 4. The molecule has 2 aromatic carbocycles. The first-order valence-electron chi connectivity index (χ1n) is 14.7. The molecular weight excluding hydrogens is 484 g/mol. The highest BCUT2D eigenvalue weighted by Gasteiger charge is 2.32. The molecule has 2 aliphatic rings. The lowest BCUT2D eigenvalue weighted by molar-refractivity contribution is -0.133. The van der Waals surface area contributed by atoms with Gasteiger partial charge in [-0.15, -0.1) is 0 Å². The highest BCUT2D eigenvalue weighted by molar-refractivity contribution is 5.92. The minimum atomic E-state index is -0.231. The van der Waals surface area contributed by atoms with E-state index >= 15 is 0 Å². The lowest BCUT2D eigenvalue weighted by Crippen LogP contribution is -2.50. The van der Waals surface area contributed by atoms with Gasteiger partial charge in [-0.2, -0.15) is 0 Å². The molecule has 210 valence electrons. The van der Waals surface area contributed by atoms with Crippen LogP contribution in [0.4, 0.5) is 0 Å². The quantitative estimate of drug-likeness (QED) is 0.438. The summed E-state index contributed by atoms with van der Waals surface area (Å²) >= 11 is 0. The van der Waals surface area contributed by atoms with Crippen LogP contribution in [0.25, 0.3) is 6.08 Å². The number of benzene rings is 2. The zero-order valence-electron chi connectivity index (χ0n) is 24.0. The summed E-state index contributed by atoms with van der Waals surface area (Å²) in [5, 5.41) is 6.71. The fourth-order valence-electron chi connectivity index (χ4n) is 5.80. The Morgan fingerprint density at radius 3 is 2.59 bits per heavy atom. The first kappa shape index (κ1) is 29.0. The van der Waals surface area contributed by atoms with E-state index in [0.717, 1.165) is 43.6 Å². The second-order valence-electron chi connectivity index (χ2n) is 11.4. The van der Waals surface area contributed by atoms with E-state index < -0.39 is 0 Å². The Kier molecular flexibility index (Phi) is 10.7. The molecule has 2 amide bonds. The van der Waals surface area contributed by atoms with Gasteiger partial charge in [0.1, 0.15) is 0 Å². The predicted octanol–water partition coefficient (Wildman–Crippen LogP) is 4.67. The molecule has 0 spiro atoms. The van der Waals surface area contributed by atoms with Crippen molar-refractivity contribution < 1.29 is 9.59 Å². The van der Waals surface area contributed by atoms with Crippen molar-refractivity contribution in [1.82, 2.24) is 20.4 Å². The van der Waals surface area contributed by atoms with Crippen molar-refractivity contribution in [2.24, 2.45) is 0 Å². The molecule has 2 heterocycles. The Balaban J connectivity index is 1.37. The molecular formula is C33H46N4O2. The molecule has 2 aromatic rings. The second kappa shape index (κ2) is 14.4. The van der Waals surface area contributed by atoms with E-state index in [0.29, 0.717) is 19.6 Å². The minimum Gasteiger partial charge on any atom is -0.351 e. The standard InChI is InChI=1S/C33H46N4O2/c1-25-12-13-29(26(2)22-25)14-15-32(38)34-23-30-16-21-37(24-27(3)28-10-6-4-7-11-28)33(39)31(35-30)17-20-36-18-8-5-9-19-36/h4,6-7,10-15,22,27,30-31,35H,5,8-9,16-21,23-24H2,1-3H3,(H,34,38)/b15-14+. The summed E-state index contributed by atoms with van der Waals surface area (Å²) in [6.45, 7) is 11.4. The number of piperidine rings is 1. The van der Waals surface area contributed by atoms with Gasteiger partial charge in [-0.1, -0.05) is 67.4 Å². The van der Waals surface area contributed by atoms with E-state index in [1.807, 2.05) is 23.1 Å². The number of hydrogen-bond donors (Lipinski definition) is 2. The minimum absolute atomic E-state index is 0.0517. The molecule has 0 saturated carbocycles. The van der Waals surface area contributed by atoms with Crippen LogP contribution in [0.5, 0.6) is 0 Å². The summed E-state index contributed by atoms with van der Waals surface area (Å²) in [6.07, 6.45) is 8.90. The molecule has 0 bridgehead atoms. The molecule has 4 rings (SSSR count). The zero-order chi connectivity index (χ0) is 27.6. The van der Waals surface area contributed by atoms with Crippen molar-refractivity contribution in [1.29, 1.82) is 0 Å². The van der Waals surface area contributed by atoms with E-state index in [9.17, 15) is 9.59 Å². The molecule has 2 fully saturated rings. The maximum Gasteiger partial charge on any atom is 0.244 e. The Hall–Kier alpha value is -2.96. The van der Waals surface area contributed by atoms with Gasteiger partial charge < -0.3 is 20.4 Å². The summed E-state index contributed by atoms with van der Waals surface area (Å²) in [7, 11) is 0. The van der Waals surface area contributed by atoms with Crippen LogP contribution in [-0.2, 0) is 9.59 Å². The van der Waals surface area contributed by atoms with Crippen LogP contribution in [0.15, 0.2) is 54.6 Å². The van der Waals surface area contributed by atoms with Gasteiger partial charge in [-0.3, -0.25) is 9.59 Å². The third-order valence-electron chi connectivity index (χ3n) is 8.20. The second-order valence-corrected chi connectivity index (χ2v) is 11.4. The van der Waals surface area contributed by atoms with Crippen LogP contribution in [0.2, 0.25) is 0 Å². The lowest BCUT2D eigenvalue weighted by atomic mass is 10.00. The van der Waals surface area contributed by atoms with Gasteiger partial charge in [0, 0.05) is 38.3 Å². The van der Waals surface area contributed by atoms with Crippen molar-refractivity contribution >= 4 is 17.9 Å². The number of rotatable bonds is 10. The number of likely N-dealkylation sites (tertiary alicyclic amines) is 1. The number of carbonyl (C=O) groups excluding carboxylic acids is 2. The van der Waals surface area contributed by atoms with Crippen LogP contribution < -0.4 is 10.6 Å². The highest BCUT2D eigenvalue weighted by Crippen LogP contribution is 2.20. The maximum atomic E-state index is 13.7. The van der Waals surface area contributed by atoms with Gasteiger partial charge >= 0.3 is 0 Å². The van der Waals surface area contributed by atoms with Crippen LogP contribution in [-0.4, -0.2) is 73.0 Å². The van der Waals surface area contributed by atoms with Gasteiger partial charge in [-0.25, -0.2) is 0 Å². The molecule has 2 aliphatic heterocycles. The Bertz CT molecular complexity index is 1110. The van der Waals surface area contributed by atoms with Crippen LogP contribution in [0, 0.1) is 13.8 Å². The first-order valence-corrected chi connectivity index (χ1v) is 14.7. The smallest absolute Gasteiger partial charge is 0.244 e. The highest BCUT2D eigenvalue weighted by atomic mass is 16.2. The van der Waals surface area contributed by atoms with E-state index in [1.54, 1.807) is 6.08 Å². The summed E-state index contributed by atoms with van der Waals surface area (Å²) in [4.78, 5) is 30.9. The molecule has 3 atom stereocenters. The van der Waals surface area contributed by atoms with Gasteiger partial charge in [0.05, 0.1) is 6.04 Å². The molecule has 2 saturated heterocycles. The topological polar surface area (TPSA) is 64.7 Å². The molecule has 0 radical (unpaired) electrons. The number of amides is 2. The average molecular weight is 531 g/mol. The van der Waals surface area contributed by atoms with Crippen LogP contribution in [0.1, 0.15) is 67.2 Å². The Morgan fingerprint density at radius 1 is 1.08 bits per heavy atom. The third kappa shape index (κ3) is 8.77. The summed E-state index contributed by atoms with van der Waals surface area (Å²) in [5.74, 6) is 0.356. The molecule has 0 aromatic heterocycles. The van der Waals surface area contributed by atoms with Crippen LogP contribution in [0.3, 0.4) is 0 Å². The maximum absolute atomic E-state index is 13.7. The van der Waals surface area contributed by atoms with Crippen LogP contribution >= 0.6 is 0 Å². The number of aryl methyl sites for hydroxylation is 2. The summed E-state index contributed by atoms with van der Waals surface area (Å²) < 4.78 is 0. The fourth-order valence-corrected chi connectivity index (χ4v) is 5.80. The number of nitrogens with zero attached hydrogens (tertiary/aromatic N) is 2. The average Bonchev–Trinajstić information content (AvgIpc) is 3.09. The lowest BCUT2D eigenvalue weighted by Gasteiger charge is -2.30. The Morgan fingerprint density at radius 2 is 1.85 bits per heavy atom. The molecule has 6 heteroatoms. The first-order chi connectivity index (χ1) is 18.9. The molecule has 2 N–H and O–H groups in total. The van der Waals surface area contributed by atoms with E-state index in [1.165, 1.54) is 30.4 Å². The van der Waals surface area contributed by atoms with Gasteiger partial charge in [0.25, 0.3) is 0 Å². The normalized spacial score (nSPS) is 21.6. The van der Waals surface area contributed by atoms with E-state index in [2.05, 4.69) is 72.7 Å². The van der Waals surface area contributed by atoms with E-state index in [-0.39, 0.29) is 29.8 Å². The fraction of sp³-hybridized carbons (Fsp3) is 0.515. The van der Waals surface area contributed by atoms with Gasteiger partial charge in [0.2, 0.25) is 11.8 Å². The van der Waals surface area contributed by atoms with Gasteiger partial charge in [0.15, 0.2) is 0 Å². The number of nitrogens with one attached hydrogen (secondary N) is 2. The molecule has 0 aliphatic carbocycles. The SMILES string of the molecule is Cc1ccc(/C=C/C(=O)NCC2CCN(CC(C)c3ccccc3)C(=O)C(CCN3CCCCC3)N2)c(C)c1. The summed E-state index contributed by atoms with van der Waals surface area (Å²) in [5.41, 5.74) is 4.68. The van der Waals surface area contributed by atoms with Crippen molar-refractivity contribution in [3.8, 4) is 0 Å². The molecule has 3 unspecified atom stereocenters. The molecule has 6 nitrogen and oxygen atoms in total. The number of carbonyl (C=O) groups is 2. The Labute approximate surface area is 234 Å². The van der Waals surface area contributed by atoms with E-state index in [4.69, 9.17) is 0 Å².